The summed E-state index contributed by atoms with van der Waals surface area (Å²) in [6.45, 7) is 4.27. The first kappa shape index (κ1) is 46.3. The molecule has 10 nitrogen and oxygen atoms in total. The molecule has 50 heavy (non-hydrogen) atoms. The van der Waals surface area contributed by atoms with Crippen molar-refractivity contribution in [1.82, 2.24) is 10.2 Å². The summed E-state index contributed by atoms with van der Waals surface area (Å²) in [5, 5.41) is 43.2. The van der Waals surface area contributed by atoms with Gasteiger partial charge in [0.15, 0.2) is 6.23 Å². The van der Waals surface area contributed by atoms with Crippen LogP contribution in [-0.2, 0) is 19.1 Å². The quantitative estimate of drug-likeness (QED) is 0.0432. The number of hydrogen-bond acceptors (Lipinski definition) is 7. The Bertz CT molecular complexity index is 859. The second-order valence-electron chi connectivity index (χ2n) is 14.7. The number of nitrogens with zero attached hydrogens (tertiary/aromatic N) is 1. The molecule has 0 aliphatic carbocycles. The highest BCUT2D eigenvalue weighted by Crippen LogP contribution is 2.26. The minimum Gasteiger partial charge on any atom is -0.481 e. The van der Waals surface area contributed by atoms with E-state index in [1.165, 1.54) is 109 Å². The van der Waals surface area contributed by atoms with E-state index in [2.05, 4.69) is 19.2 Å². The number of hydrogen-bond donors (Lipinski definition) is 5. The maximum atomic E-state index is 13.7. The van der Waals surface area contributed by atoms with E-state index in [0.29, 0.717) is 13.0 Å². The number of carboxylic acids is 1. The van der Waals surface area contributed by atoms with Gasteiger partial charge < -0.3 is 35.4 Å². The number of aliphatic hydroxyl groups excluding tert-OH is 3. The lowest BCUT2D eigenvalue weighted by molar-refractivity contribution is -0.231. The number of unbranched alkanes of at least 4 members (excludes halogenated alkanes) is 23. The minimum absolute atomic E-state index is 0.149. The third kappa shape index (κ3) is 21.6. The number of carbonyl (C=O) groups is 3. The average Bonchev–Trinajstić information content (AvgIpc) is 3.10. The lowest BCUT2D eigenvalue weighted by Crippen LogP contribution is -2.68. The maximum absolute atomic E-state index is 13.7. The number of carboxylic acid groups (broad SMARTS) is 1. The van der Waals surface area contributed by atoms with Gasteiger partial charge in [-0.2, -0.15) is 0 Å². The van der Waals surface area contributed by atoms with Crippen LogP contribution >= 0.6 is 0 Å². The Morgan fingerprint density at radius 3 is 1.42 bits per heavy atom. The lowest BCUT2D eigenvalue weighted by Gasteiger charge is -2.47. The van der Waals surface area contributed by atoms with E-state index < -0.39 is 49.1 Å². The molecule has 1 rings (SSSR count). The van der Waals surface area contributed by atoms with Crippen molar-refractivity contribution < 1.29 is 39.5 Å². The molecule has 5 atom stereocenters. The molecule has 1 aliphatic heterocycles. The fourth-order valence-corrected chi connectivity index (χ4v) is 6.95. The molecule has 1 fully saturated rings. The van der Waals surface area contributed by atoms with Gasteiger partial charge in [-0.05, 0) is 12.8 Å². The standard InChI is InChI=1S/C40H76N2O8/c1-3-5-7-9-11-13-14-15-16-17-18-19-21-23-25-27-31-42(35(45)28-26-24-22-20-12-10-8-6-4-2)40-37(41-34(44)29-30-36(46)47)39(49)38(48)33(32-43)50-40/h33,37-40,43,48-49H,3-32H2,1-2H3,(H,41,44)(H,46,47)/t33-,37+,38+,39-,40-/m1/s1. The number of nitrogens with one attached hydrogen (secondary N) is 1. The Hall–Kier alpha value is -1.75. The Labute approximate surface area is 304 Å². The molecule has 0 aromatic heterocycles. The number of aliphatic hydroxyl groups is 3. The van der Waals surface area contributed by atoms with Crippen molar-refractivity contribution in [2.24, 2.45) is 0 Å². The van der Waals surface area contributed by atoms with E-state index in [-0.39, 0.29) is 18.7 Å². The Kier molecular flexibility index (Phi) is 28.5. The van der Waals surface area contributed by atoms with Crippen molar-refractivity contribution in [2.45, 2.75) is 224 Å². The molecule has 0 unspecified atom stereocenters. The second-order valence-corrected chi connectivity index (χ2v) is 14.7. The molecule has 10 heteroatoms. The second kappa shape index (κ2) is 30.8. The topological polar surface area (TPSA) is 157 Å². The zero-order chi connectivity index (χ0) is 36.8. The van der Waals surface area contributed by atoms with Crippen LogP contribution in [0.1, 0.15) is 194 Å². The van der Waals surface area contributed by atoms with Crippen LogP contribution in [0.15, 0.2) is 0 Å². The summed E-state index contributed by atoms with van der Waals surface area (Å²) >= 11 is 0. The van der Waals surface area contributed by atoms with Crippen LogP contribution in [0.4, 0.5) is 0 Å². The zero-order valence-corrected chi connectivity index (χ0v) is 32.0. The number of carbonyl (C=O) groups excluding carboxylic acids is 2. The first-order chi connectivity index (χ1) is 24.3. The van der Waals surface area contributed by atoms with Crippen LogP contribution in [-0.4, -0.2) is 86.8 Å². The lowest BCUT2D eigenvalue weighted by atomic mass is 9.94. The minimum atomic E-state index is -1.51. The smallest absolute Gasteiger partial charge is 0.303 e. The summed E-state index contributed by atoms with van der Waals surface area (Å²) in [6.07, 6.45) is 24.3. The molecule has 1 heterocycles. The summed E-state index contributed by atoms with van der Waals surface area (Å²) in [5.74, 6) is -1.89. The van der Waals surface area contributed by atoms with Crippen molar-refractivity contribution in [2.75, 3.05) is 13.2 Å². The Morgan fingerprint density at radius 1 is 0.580 bits per heavy atom. The van der Waals surface area contributed by atoms with E-state index in [1.807, 2.05) is 0 Å². The van der Waals surface area contributed by atoms with Crippen LogP contribution in [0.3, 0.4) is 0 Å². The van der Waals surface area contributed by atoms with Crippen LogP contribution in [0.2, 0.25) is 0 Å². The van der Waals surface area contributed by atoms with Gasteiger partial charge in [0.05, 0.1) is 13.0 Å². The monoisotopic (exact) mass is 713 g/mol. The van der Waals surface area contributed by atoms with E-state index in [4.69, 9.17) is 9.84 Å². The predicted octanol–water partition coefficient (Wildman–Crippen LogP) is 7.79. The van der Waals surface area contributed by atoms with E-state index in [9.17, 15) is 29.7 Å². The van der Waals surface area contributed by atoms with Gasteiger partial charge >= 0.3 is 5.97 Å². The molecule has 1 saturated heterocycles. The highest BCUT2D eigenvalue weighted by Gasteiger charge is 2.48. The van der Waals surface area contributed by atoms with Crippen molar-refractivity contribution in [3.8, 4) is 0 Å². The van der Waals surface area contributed by atoms with Crippen LogP contribution in [0.25, 0.3) is 0 Å². The van der Waals surface area contributed by atoms with Gasteiger partial charge in [-0.3, -0.25) is 14.4 Å². The molecule has 0 spiro atoms. The van der Waals surface area contributed by atoms with Gasteiger partial charge in [-0.25, -0.2) is 0 Å². The fraction of sp³-hybridized carbons (Fsp3) is 0.925. The Morgan fingerprint density at radius 2 is 1.00 bits per heavy atom. The molecule has 2 amide bonds. The molecular weight excluding hydrogens is 636 g/mol. The molecule has 5 N–H and O–H groups in total. The normalized spacial score (nSPS) is 20.5. The fourth-order valence-electron chi connectivity index (χ4n) is 6.95. The van der Waals surface area contributed by atoms with Crippen molar-refractivity contribution in [1.29, 1.82) is 0 Å². The number of ether oxygens (including phenoxy) is 1. The average molecular weight is 713 g/mol. The highest BCUT2D eigenvalue weighted by atomic mass is 16.5. The van der Waals surface area contributed by atoms with E-state index in [0.717, 1.165) is 51.4 Å². The van der Waals surface area contributed by atoms with Crippen LogP contribution in [0.5, 0.6) is 0 Å². The van der Waals surface area contributed by atoms with Crippen LogP contribution < -0.4 is 5.32 Å². The largest absolute Gasteiger partial charge is 0.481 e. The van der Waals surface area contributed by atoms with Crippen molar-refractivity contribution in [3.05, 3.63) is 0 Å². The molecule has 0 aromatic rings. The van der Waals surface area contributed by atoms with Gasteiger partial charge in [0.1, 0.15) is 24.4 Å². The third-order valence-electron chi connectivity index (χ3n) is 10.2. The van der Waals surface area contributed by atoms with Gasteiger partial charge in [0.25, 0.3) is 0 Å². The first-order valence-electron chi connectivity index (χ1n) is 20.7. The Balaban J connectivity index is 2.66. The molecule has 0 bridgehead atoms. The zero-order valence-electron chi connectivity index (χ0n) is 32.0. The summed E-state index contributed by atoms with van der Waals surface area (Å²) < 4.78 is 6.03. The summed E-state index contributed by atoms with van der Waals surface area (Å²) in [6, 6.07) is -1.16. The first-order valence-corrected chi connectivity index (χ1v) is 20.7. The molecule has 0 radical (unpaired) electrons. The summed E-state index contributed by atoms with van der Waals surface area (Å²) in [5.41, 5.74) is 0. The SMILES string of the molecule is CCCCCCCCCCCCCCCCCCN(C(=O)CCCCCCCCCCC)[C@@H]1O[C@H](CO)[C@H](O)[C@H](O)[C@@H]1NC(=O)CCC(=O)O. The van der Waals surface area contributed by atoms with E-state index >= 15 is 0 Å². The summed E-state index contributed by atoms with van der Waals surface area (Å²) in [4.78, 5) is 39.0. The maximum Gasteiger partial charge on any atom is 0.303 e. The molecular formula is C40H76N2O8. The van der Waals surface area contributed by atoms with E-state index in [1.54, 1.807) is 4.90 Å². The van der Waals surface area contributed by atoms with Gasteiger partial charge in [0.2, 0.25) is 11.8 Å². The van der Waals surface area contributed by atoms with Gasteiger partial charge in [-0.15, -0.1) is 0 Å². The summed E-state index contributed by atoms with van der Waals surface area (Å²) in [7, 11) is 0. The third-order valence-corrected chi connectivity index (χ3v) is 10.2. The molecule has 0 aromatic carbocycles. The van der Waals surface area contributed by atoms with Crippen molar-refractivity contribution in [3.63, 3.8) is 0 Å². The number of amides is 2. The molecule has 294 valence electrons. The van der Waals surface area contributed by atoms with Gasteiger partial charge in [0, 0.05) is 19.4 Å². The van der Waals surface area contributed by atoms with Crippen LogP contribution in [0, 0.1) is 0 Å². The predicted molar refractivity (Wildman–Crippen MR) is 200 cm³/mol. The van der Waals surface area contributed by atoms with Gasteiger partial charge in [-0.1, -0.05) is 162 Å². The van der Waals surface area contributed by atoms with Crippen molar-refractivity contribution >= 4 is 17.8 Å². The molecule has 1 aliphatic rings. The number of aliphatic carboxylic acids is 1. The highest BCUT2D eigenvalue weighted by molar-refractivity contribution is 5.81. The molecule has 0 saturated carbocycles. The number of rotatable bonds is 33.